The van der Waals surface area contributed by atoms with Gasteiger partial charge in [0.25, 0.3) is 0 Å². The van der Waals surface area contributed by atoms with Gasteiger partial charge in [0.2, 0.25) is 0 Å². The van der Waals surface area contributed by atoms with E-state index in [-0.39, 0.29) is 0 Å². The largest absolute Gasteiger partial charge is 0.0623 e. The number of hydrogen-bond donors (Lipinski definition) is 0. The lowest BCUT2D eigenvalue weighted by molar-refractivity contribution is 0.105. The molecule has 0 heteroatoms. The van der Waals surface area contributed by atoms with Crippen LogP contribution in [0, 0.1) is 16.7 Å². The van der Waals surface area contributed by atoms with E-state index < -0.39 is 0 Å². The highest BCUT2D eigenvalue weighted by Gasteiger charge is 2.49. The van der Waals surface area contributed by atoms with E-state index >= 15 is 0 Å². The Morgan fingerprint density at radius 2 is 1.67 bits per heavy atom. The Labute approximate surface area is 76.7 Å². The van der Waals surface area contributed by atoms with Crippen LogP contribution in [0.4, 0.5) is 0 Å². The first-order valence-electron chi connectivity index (χ1n) is 5.56. The maximum Gasteiger partial charge on any atom is -0.0292 e. The summed E-state index contributed by atoms with van der Waals surface area (Å²) >= 11 is 0. The Morgan fingerprint density at radius 1 is 1.00 bits per heavy atom. The minimum absolute atomic E-state index is 0.681. The van der Waals surface area contributed by atoms with Crippen LogP contribution in [0.2, 0.25) is 0 Å². The first-order valence-corrected chi connectivity index (χ1v) is 5.56. The van der Waals surface area contributed by atoms with Gasteiger partial charge >= 0.3 is 0 Å². The summed E-state index contributed by atoms with van der Waals surface area (Å²) in [6, 6.07) is 0. The van der Waals surface area contributed by atoms with Crippen molar-refractivity contribution in [2.75, 3.05) is 0 Å². The van der Waals surface area contributed by atoms with Crippen LogP contribution in [0.3, 0.4) is 0 Å². The van der Waals surface area contributed by atoms with E-state index in [1.807, 2.05) is 0 Å². The van der Waals surface area contributed by atoms with Crippen molar-refractivity contribution in [2.24, 2.45) is 16.7 Å². The molecule has 1 spiro atoms. The van der Waals surface area contributed by atoms with Crippen LogP contribution in [0.1, 0.15) is 59.3 Å². The normalized spacial score (nSPS) is 39.0. The van der Waals surface area contributed by atoms with Gasteiger partial charge < -0.3 is 0 Å². The predicted octanol–water partition coefficient (Wildman–Crippen LogP) is 4.00. The fraction of sp³-hybridized carbons (Fsp3) is 1.00. The summed E-state index contributed by atoms with van der Waals surface area (Å²) in [5.74, 6) is 0.887. The molecule has 0 nitrogen and oxygen atoms in total. The molecule has 0 aromatic heterocycles. The zero-order valence-corrected chi connectivity index (χ0v) is 8.82. The number of rotatable bonds is 1. The van der Waals surface area contributed by atoms with Gasteiger partial charge in [0, 0.05) is 0 Å². The molecule has 0 saturated heterocycles. The summed E-state index contributed by atoms with van der Waals surface area (Å²) in [5, 5.41) is 0. The Hall–Kier alpha value is 0. The molecule has 2 fully saturated rings. The Kier molecular flexibility index (Phi) is 1.79. The standard InChI is InChI=1S/C12H22/c1-10(2)11(3)7-8-12(9-11)5-4-6-12/h10H,4-9H2,1-3H3. The molecule has 0 heterocycles. The van der Waals surface area contributed by atoms with Gasteiger partial charge in [-0.1, -0.05) is 27.2 Å². The second kappa shape index (κ2) is 2.49. The highest BCUT2D eigenvalue weighted by atomic mass is 14.5. The molecule has 0 aromatic rings. The van der Waals surface area contributed by atoms with Gasteiger partial charge in [-0.25, -0.2) is 0 Å². The van der Waals surface area contributed by atoms with E-state index in [2.05, 4.69) is 20.8 Å². The van der Waals surface area contributed by atoms with Crippen LogP contribution < -0.4 is 0 Å². The topological polar surface area (TPSA) is 0 Å². The summed E-state index contributed by atoms with van der Waals surface area (Å²) in [6.45, 7) is 7.31. The molecule has 0 aromatic carbocycles. The van der Waals surface area contributed by atoms with Crippen LogP contribution in [0.15, 0.2) is 0 Å². The van der Waals surface area contributed by atoms with Crippen molar-refractivity contribution in [3.8, 4) is 0 Å². The Bertz CT molecular complexity index is 176. The molecular formula is C12H22. The SMILES string of the molecule is CC(C)C1(C)CCC2(CCC2)C1. The molecule has 12 heavy (non-hydrogen) atoms. The Balaban J connectivity index is 2.05. The van der Waals surface area contributed by atoms with Crippen molar-refractivity contribution in [1.29, 1.82) is 0 Å². The van der Waals surface area contributed by atoms with Crippen molar-refractivity contribution < 1.29 is 0 Å². The average Bonchev–Trinajstić information content (AvgIpc) is 2.28. The average molecular weight is 166 g/mol. The minimum Gasteiger partial charge on any atom is -0.0623 e. The molecule has 0 bridgehead atoms. The minimum atomic E-state index is 0.681. The van der Waals surface area contributed by atoms with E-state index in [4.69, 9.17) is 0 Å². The highest BCUT2D eigenvalue weighted by molar-refractivity contribution is 5.00. The van der Waals surface area contributed by atoms with Crippen LogP contribution in [-0.4, -0.2) is 0 Å². The second-order valence-electron chi connectivity index (χ2n) is 5.84. The van der Waals surface area contributed by atoms with Gasteiger partial charge in [0.15, 0.2) is 0 Å². The summed E-state index contributed by atoms with van der Waals surface area (Å²) < 4.78 is 0. The van der Waals surface area contributed by atoms with E-state index in [9.17, 15) is 0 Å². The fourth-order valence-electron chi connectivity index (χ4n) is 3.18. The van der Waals surface area contributed by atoms with E-state index in [1.165, 1.54) is 38.5 Å². The molecule has 0 amide bonds. The number of hydrogen-bond acceptors (Lipinski definition) is 0. The maximum atomic E-state index is 2.50. The van der Waals surface area contributed by atoms with Crippen LogP contribution in [0.25, 0.3) is 0 Å². The second-order valence-corrected chi connectivity index (χ2v) is 5.84. The van der Waals surface area contributed by atoms with Crippen molar-refractivity contribution in [3.63, 3.8) is 0 Å². The zero-order chi connectivity index (χ0) is 8.82. The van der Waals surface area contributed by atoms with Crippen molar-refractivity contribution in [2.45, 2.75) is 59.3 Å². The molecule has 70 valence electrons. The molecule has 2 saturated carbocycles. The van der Waals surface area contributed by atoms with Gasteiger partial charge in [0.05, 0.1) is 0 Å². The summed E-state index contributed by atoms with van der Waals surface area (Å²) in [6.07, 6.45) is 9.13. The lowest BCUT2D eigenvalue weighted by Crippen LogP contribution is -2.29. The maximum absolute atomic E-state index is 2.50. The van der Waals surface area contributed by atoms with E-state index in [0.717, 1.165) is 11.3 Å². The highest BCUT2D eigenvalue weighted by Crippen LogP contribution is 2.61. The van der Waals surface area contributed by atoms with Gasteiger partial charge in [-0.15, -0.1) is 0 Å². The fourth-order valence-corrected chi connectivity index (χ4v) is 3.18. The van der Waals surface area contributed by atoms with Crippen molar-refractivity contribution in [3.05, 3.63) is 0 Å². The molecule has 0 aliphatic heterocycles. The van der Waals surface area contributed by atoms with Crippen molar-refractivity contribution in [1.82, 2.24) is 0 Å². The predicted molar refractivity (Wildman–Crippen MR) is 53.1 cm³/mol. The van der Waals surface area contributed by atoms with E-state index in [1.54, 1.807) is 0 Å². The first-order chi connectivity index (χ1) is 5.56. The molecule has 1 unspecified atom stereocenters. The quantitative estimate of drug-likeness (QED) is 0.552. The third kappa shape index (κ3) is 1.11. The first kappa shape index (κ1) is 8.59. The summed E-state index contributed by atoms with van der Waals surface area (Å²) in [4.78, 5) is 0. The third-order valence-electron chi connectivity index (χ3n) is 4.81. The molecular weight excluding hydrogens is 144 g/mol. The van der Waals surface area contributed by atoms with Crippen LogP contribution >= 0.6 is 0 Å². The van der Waals surface area contributed by atoms with Crippen molar-refractivity contribution >= 4 is 0 Å². The summed E-state index contributed by atoms with van der Waals surface area (Å²) in [7, 11) is 0. The lowest BCUT2D eigenvalue weighted by Gasteiger charge is -2.41. The smallest absolute Gasteiger partial charge is 0.0292 e. The van der Waals surface area contributed by atoms with Crippen LogP contribution in [0.5, 0.6) is 0 Å². The third-order valence-corrected chi connectivity index (χ3v) is 4.81. The molecule has 0 radical (unpaired) electrons. The van der Waals surface area contributed by atoms with Gasteiger partial charge in [-0.3, -0.25) is 0 Å². The monoisotopic (exact) mass is 166 g/mol. The summed E-state index contributed by atoms with van der Waals surface area (Å²) in [5.41, 5.74) is 1.51. The lowest BCUT2D eigenvalue weighted by atomic mass is 9.64. The van der Waals surface area contributed by atoms with E-state index in [0.29, 0.717) is 5.41 Å². The molecule has 2 rings (SSSR count). The van der Waals surface area contributed by atoms with Gasteiger partial charge in [-0.2, -0.15) is 0 Å². The molecule has 1 atom stereocenters. The molecule has 0 N–H and O–H groups in total. The molecule has 2 aliphatic rings. The zero-order valence-electron chi connectivity index (χ0n) is 8.82. The van der Waals surface area contributed by atoms with Gasteiger partial charge in [0.1, 0.15) is 0 Å². The molecule has 2 aliphatic carbocycles. The van der Waals surface area contributed by atoms with Gasteiger partial charge in [-0.05, 0) is 48.9 Å². The van der Waals surface area contributed by atoms with Crippen LogP contribution in [-0.2, 0) is 0 Å². The Morgan fingerprint density at radius 3 is 1.92 bits per heavy atom.